The lowest BCUT2D eigenvalue weighted by Crippen LogP contribution is -2.35. The van der Waals surface area contributed by atoms with Gasteiger partial charge in [0.15, 0.2) is 0 Å². The SMILES string of the molecule is O=C(Nc1cncc(NC(=O)C2CCNCC2)c1)C1CCNCC1. The van der Waals surface area contributed by atoms with Crippen molar-refractivity contribution in [2.45, 2.75) is 25.7 Å². The second-order valence-corrected chi connectivity index (χ2v) is 6.49. The zero-order valence-electron chi connectivity index (χ0n) is 13.8. The molecule has 0 bridgehead atoms. The number of aromatic nitrogens is 1. The van der Waals surface area contributed by atoms with Crippen molar-refractivity contribution in [3.63, 3.8) is 0 Å². The molecule has 2 aliphatic heterocycles. The van der Waals surface area contributed by atoms with Crippen LogP contribution in [0.2, 0.25) is 0 Å². The molecule has 3 heterocycles. The lowest BCUT2D eigenvalue weighted by atomic mass is 9.97. The normalized spacial score (nSPS) is 19.7. The Bertz CT molecular complexity index is 533. The summed E-state index contributed by atoms with van der Waals surface area (Å²) in [6, 6.07) is 1.77. The van der Waals surface area contributed by atoms with Gasteiger partial charge in [-0.2, -0.15) is 0 Å². The largest absolute Gasteiger partial charge is 0.324 e. The Balaban J connectivity index is 1.57. The maximum atomic E-state index is 12.3. The Morgan fingerprint density at radius 3 is 1.67 bits per heavy atom. The van der Waals surface area contributed by atoms with E-state index in [2.05, 4.69) is 26.3 Å². The fourth-order valence-electron chi connectivity index (χ4n) is 3.23. The molecule has 2 fully saturated rings. The molecule has 0 spiro atoms. The standard InChI is InChI=1S/C17H25N5O2/c23-16(12-1-5-18-6-2-12)21-14-9-15(11-20-10-14)22-17(24)13-3-7-19-8-4-13/h9-13,18-19H,1-8H2,(H,21,23)(H,22,24). The molecule has 0 atom stereocenters. The molecule has 1 aromatic rings. The minimum Gasteiger partial charge on any atom is -0.324 e. The summed E-state index contributed by atoms with van der Waals surface area (Å²) >= 11 is 0. The summed E-state index contributed by atoms with van der Waals surface area (Å²) in [5.74, 6) is 0.138. The molecule has 7 heteroatoms. The number of carbonyl (C=O) groups excluding carboxylic acids is 2. The van der Waals surface area contributed by atoms with Crippen molar-refractivity contribution in [2.24, 2.45) is 11.8 Å². The molecular formula is C17H25N5O2. The minimum absolute atomic E-state index is 0.0279. The maximum Gasteiger partial charge on any atom is 0.227 e. The van der Waals surface area contributed by atoms with Gasteiger partial charge in [0.25, 0.3) is 0 Å². The first-order valence-corrected chi connectivity index (χ1v) is 8.70. The van der Waals surface area contributed by atoms with E-state index in [-0.39, 0.29) is 23.7 Å². The van der Waals surface area contributed by atoms with Gasteiger partial charge in [0, 0.05) is 11.8 Å². The Morgan fingerprint density at radius 1 is 0.833 bits per heavy atom. The summed E-state index contributed by atoms with van der Waals surface area (Å²) in [6.45, 7) is 3.51. The van der Waals surface area contributed by atoms with Crippen LogP contribution in [0.4, 0.5) is 11.4 Å². The zero-order valence-corrected chi connectivity index (χ0v) is 13.8. The zero-order chi connectivity index (χ0) is 16.8. The van der Waals surface area contributed by atoms with Gasteiger partial charge in [-0.15, -0.1) is 0 Å². The molecule has 0 aromatic carbocycles. The van der Waals surface area contributed by atoms with E-state index in [0.29, 0.717) is 11.4 Å². The van der Waals surface area contributed by atoms with Gasteiger partial charge >= 0.3 is 0 Å². The van der Waals surface area contributed by atoms with E-state index in [1.807, 2.05) is 0 Å². The predicted octanol–water partition coefficient (Wildman–Crippen LogP) is 0.958. The van der Waals surface area contributed by atoms with Crippen molar-refractivity contribution in [3.8, 4) is 0 Å². The molecule has 4 N–H and O–H groups in total. The second kappa shape index (κ2) is 8.21. The molecule has 2 amide bonds. The number of nitrogens with zero attached hydrogens (tertiary/aromatic N) is 1. The van der Waals surface area contributed by atoms with Crippen LogP contribution in [0.25, 0.3) is 0 Å². The quantitative estimate of drug-likeness (QED) is 0.659. The molecule has 1 aromatic heterocycles. The molecule has 24 heavy (non-hydrogen) atoms. The maximum absolute atomic E-state index is 12.3. The molecule has 7 nitrogen and oxygen atoms in total. The van der Waals surface area contributed by atoms with Crippen molar-refractivity contribution < 1.29 is 9.59 Å². The number of anilines is 2. The van der Waals surface area contributed by atoms with Crippen LogP contribution in [0.5, 0.6) is 0 Å². The number of rotatable bonds is 4. The van der Waals surface area contributed by atoms with Gasteiger partial charge in [-0.05, 0) is 57.9 Å². The fourth-order valence-corrected chi connectivity index (χ4v) is 3.23. The minimum atomic E-state index is 0.0279. The molecule has 0 saturated carbocycles. The van der Waals surface area contributed by atoms with E-state index < -0.39 is 0 Å². The smallest absolute Gasteiger partial charge is 0.227 e. The van der Waals surface area contributed by atoms with Gasteiger partial charge in [-0.1, -0.05) is 0 Å². The molecule has 2 aliphatic rings. The lowest BCUT2D eigenvalue weighted by Gasteiger charge is -2.22. The molecular weight excluding hydrogens is 306 g/mol. The molecule has 130 valence electrons. The van der Waals surface area contributed by atoms with Crippen LogP contribution in [0.3, 0.4) is 0 Å². The first-order chi connectivity index (χ1) is 11.7. The number of hydrogen-bond donors (Lipinski definition) is 4. The second-order valence-electron chi connectivity index (χ2n) is 6.49. The number of piperidine rings is 2. The van der Waals surface area contributed by atoms with Crippen LogP contribution in [0, 0.1) is 11.8 Å². The molecule has 2 saturated heterocycles. The van der Waals surface area contributed by atoms with Gasteiger partial charge in [0.2, 0.25) is 11.8 Å². The van der Waals surface area contributed by atoms with Gasteiger partial charge < -0.3 is 21.3 Å². The summed E-state index contributed by atoms with van der Waals surface area (Å²) in [4.78, 5) is 28.7. The highest BCUT2D eigenvalue weighted by atomic mass is 16.2. The summed E-state index contributed by atoms with van der Waals surface area (Å²) in [5.41, 5.74) is 1.25. The Labute approximate surface area is 142 Å². The van der Waals surface area contributed by atoms with Crippen LogP contribution >= 0.6 is 0 Å². The Morgan fingerprint density at radius 2 is 1.25 bits per heavy atom. The molecule has 3 rings (SSSR count). The Hall–Kier alpha value is -1.99. The first kappa shape index (κ1) is 16.9. The summed E-state index contributed by atoms with van der Waals surface area (Å²) in [6.07, 6.45) is 6.63. The van der Waals surface area contributed by atoms with Gasteiger partial charge in [-0.25, -0.2) is 0 Å². The topological polar surface area (TPSA) is 95.2 Å². The summed E-state index contributed by atoms with van der Waals surface area (Å²) < 4.78 is 0. The lowest BCUT2D eigenvalue weighted by molar-refractivity contribution is -0.121. The Kier molecular flexibility index (Phi) is 5.77. The fraction of sp³-hybridized carbons (Fsp3) is 0.588. The van der Waals surface area contributed by atoms with Gasteiger partial charge in [0.1, 0.15) is 0 Å². The third-order valence-electron chi connectivity index (χ3n) is 4.69. The number of nitrogens with one attached hydrogen (secondary N) is 4. The van der Waals surface area contributed by atoms with E-state index in [1.165, 1.54) is 0 Å². The van der Waals surface area contributed by atoms with Gasteiger partial charge in [-0.3, -0.25) is 14.6 Å². The summed E-state index contributed by atoms with van der Waals surface area (Å²) in [7, 11) is 0. The van der Waals surface area contributed by atoms with E-state index >= 15 is 0 Å². The van der Waals surface area contributed by atoms with Crippen LogP contribution in [0.15, 0.2) is 18.5 Å². The van der Waals surface area contributed by atoms with Crippen LogP contribution in [0.1, 0.15) is 25.7 Å². The van der Waals surface area contributed by atoms with Crippen molar-refractivity contribution in [1.82, 2.24) is 15.6 Å². The third kappa shape index (κ3) is 4.52. The highest BCUT2D eigenvalue weighted by Crippen LogP contribution is 2.19. The molecule has 0 aliphatic carbocycles. The van der Waals surface area contributed by atoms with E-state index in [4.69, 9.17) is 0 Å². The number of hydrogen-bond acceptors (Lipinski definition) is 5. The highest BCUT2D eigenvalue weighted by molar-refractivity contribution is 5.95. The number of pyridine rings is 1. The van der Waals surface area contributed by atoms with Crippen LogP contribution in [-0.4, -0.2) is 43.0 Å². The number of amides is 2. The van der Waals surface area contributed by atoms with Crippen molar-refractivity contribution >= 4 is 23.2 Å². The highest BCUT2D eigenvalue weighted by Gasteiger charge is 2.22. The van der Waals surface area contributed by atoms with E-state index in [9.17, 15) is 9.59 Å². The van der Waals surface area contributed by atoms with Crippen LogP contribution in [-0.2, 0) is 9.59 Å². The molecule has 0 radical (unpaired) electrons. The van der Waals surface area contributed by atoms with Crippen molar-refractivity contribution in [3.05, 3.63) is 18.5 Å². The number of carbonyl (C=O) groups is 2. The monoisotopic (exact) mass is 331 g/mol. The average molecular weight is 331 g/mol. The summed E-state index contributed by atoms with van der Waals surface area (Å²) in [5, 5.41) is 12.3. The van der Waals surface area contributed by atoms with Crippen LogP contribution < -0.4 is 21.3 Å². The third-order valence-corrected chi connectivity index (χ3v) is 4.69. The van der Waals surface area contributed by atoms with Crippen molar-refractivity contribution in [1.29, 1.82) is 0 Å². The first-order valence-electron chi connectivity index (χ1n) is 8.70. The van der Waals surface area contributed by atoms with E-state index in [1.54, 1.807) is 18.5 Å². The van der Waals surface area contributed by atoms with Crippen molar-refractivity contribution in [2.75, 3.05) is 36.8 Å². The van der Waals surface area contributed by atoms with E-state index in [0.717, 1.165) is 51.9 Å². The van der Waals surface area contributed by atoms with Gasteiger partial charge in [0.05, 0.1) is 23.8 Å². The average Bonchev–Trinajstić information content (AvgIpc) is 2.63. The molecule has 0 unspecified atom stereocenters. The predicted molar refractivity (Wildman–Crippen MR) is 92.7 cm³/mol.